The molecule has 1 aromatic heterocycles. The van der Waals surface area contributed by atoms with Gasteiger partial charge in [0, 0.05) is 10.9 Å². The van der Waals surface area contributed by atoms with E-state index in [0.717, 1.165) is 12.1 Å². The normalized spacial score (nSPS) is 12.0. The van der Waals surface area contributed by atoms with Crippen LogP contribution in [0.5, 0.6) is 0 Å². The molecule has 0 aliphatic rings. The van der Waals surface area contributed by atoms with Crippen molar-refractivity contribution in [1.82, 2.24) is 4.98 Å². The molecule has 0 bridgehead atoms. The van der Waals surface area contributed by atoms with Gasteiger partial charge >= 0.3 is 6.18 Å². The molecule has 0 saturated heterocycles. The predicted octanol–water partition coefficient (Wildman–Crippen LogP) is 2.33. The third-order valence-electron chi connectivity index (χ3n) is 2.50. The summed E-state index contributed by atoms with van der Waals surface area (Å²) in [7, 11) is 0. The minimum atomic E-state index is -4.41. The van der Waals surface area contributed by atoms with E-state index in [4.69, 9.17) is 10.8 Å². The van der Waals surface area contributed by atoms with E-state index in [2.05, 4.69) is 4.98 Å². The van der Waals surface area contributed by atoms with Gasteiger partial charge in [0.25, 0.3) is 0 Å². The molecule has 0 fully saturated rings. The minimum Gasteiger partial charge on any atom is -0.397 e. The number of pyridine rings is 1. The Hall–Kier alpha value is -1.82. The number of benzene rings is 1. The molecule has 0 unspecified atom stereocenters. The van der Waals surface area contributed by atoms with Crippen molar-refractivity contribution in [2.45, 2.75) is 12.8 Å². The van der Waals surface area contributed by atoms with E-state index in [-0.39, 0.29) is 17.8 Å². The molecule has 0 atom stereocenters. The Kier molecular flexibility index (Phi) is 2.66. The average molecular weight is 242 g/mol. The van der Waals surface area contributed by atoms with Gasteiger partial charge in [0.2, 0.25) is 0 Å². The summed E-state index contributed by atoms with van der Waals surface area (Å²) < 4.78 is 37.4. The Labute approximate surface area is 94.7 Å². The van der Waals surface area contributed by atoms with E-state index in [1.54, 1.807) is 0 Å². The van der Waals surface area contributed by atoms with Gasteiger partial charge in [-0.1, -0.05) is 6.07 Å². The highest BCUT2D eigenvalue weighted by Gasteiger charge is 2.30. The van der Waals surface area contributed by atoms with Crippen LogP contribution in [0.1, 0.15) is 11.1 Å². The van der Waals surface area contributed by atoms with Gasteiger partial charge in [-0.2, -0.15) is 13.2 Å². The quantitative estimate of drug-likeness (QED) is 0.806. The van der Waals surface area contributed by atoms with Gasteiger partial charge < -0.3 is 10.8 Å². The lowest BCUT2D eigenvalue weighted by Crippen LogP contribution is -2.05. The Morgan fingerprint density at radius 3 is 2.59 bits per heavy atom. The standard InChI is InChI=1S/C11H9F3N2O/c12-11(13,14)6-1-2-7-8(5-17)9(15)4-16-10(7)3-6/h1-4,17H,5,15H2. The lowest BCUT2D eigenvalue weighted by atomic mass is 10.1. The fourth-order valence-electron chi connectivity index (χ4n) is 1.62. The number of nitrogens with two attached hydrogens (primary N) is 1. The second-order valence-electron chi connectivity index (χ2n) is 3.58. The average Bonchev–Trinajstić information content (AvgIpc) is 2.27. The largest absolute Gasteiger partial charge is 0.416 e. The SMILES string of the molecule is Nc1cnc2cc(C(F)(F)F)ccc2c1CO. The van der Waals surface area contributed by atoms with E-state index < -0.39 is 11.7 Å². The van der Waals surface area contributed by atoms with Crippen molar-refractivity contribution in [3.8, 4) is 0 Å². The molecular weight excluding hydrogens is 233 g/mol. The van der Waals surface area contributed by atoms with Crippen molar-refractivity contribution in [1.29, 1.82) is 0 Å². The maximum atomic E-state index is 12.5. The first kappa shape index (κ1) is 11.7. The zero-order chi connectivity index (χ0) is 12.6. The predicted molar refractivity (Wildman–Crippen MR) is 57.1 cm³/mol. The van der Waals surface area contributed by atoms with Crippen molar-refractivity contribution in [2.24, 2.45) is 0 Å². The first-order chi connectivity index (χ1) is 7.93. The molecule has 0 aliphatic heterocycles. The molecule has 0 saturated carbocycles. The van der Waals surface area contributed by atoms with Gasteiger partial charge in [0.15, 0.2) is 0 Å². The summed E-state index contributed by atoms with van der Waals surface area (Å²) in [5, 5.41) is 9.55. The molecule has 0 aliphatic carbocycles. The highest BCUT2D eigenvalue weighted by molar-refractivity contribution is 5.86. The number of hydrogen-bond acceptors (Lipinski definition) is 3. The zero-order valence-electron chi connectivity index (χ0n) is 8.62. The van der Waals surface area contributed by atoms with Gasteiger partial charge in [-0.25, -0.2) is 0 Å². The maximum absolute atomic E-state index is 12.5. The summed E-state index contributed by atoms with van der Waals surface area (Å²) in [6.45, 7) is -0.337. The number of aromatic nitrogens is 1. The maximum Gasteiger partial charge on any atom is 0.416 e. The molecule has 0 radical (unpaired) electrons. The van der Waals surface area contributed by atoms with Gasteiger partial charge in [-0.15, -0.1) is 0 Å². The number of alkyl halides is 3. The van der Waals surface area contributed by atoms with E-state index >= 15 is 0 Å². The van der Waals surface area contributed by atoms with Crippen LogP contribution < -0.4 is 5.73 Å². The van der Waals surface area contributed by atoms with Crippen molar-refractivity contribution in [3.63, 3.8) is 0 Å². The van der Waals surface area contributed by atoms with Crippen LogP contribution in [0, 0.1) is 0 Å². The van der Waals surface area contributed by atoms with Crippen molar-refractivity contribution >= 4 is 16.6 Å². The van der Waals surface area contributed by atoms with Gasteiger partial charge in [0.1, 0.15) is 0 Å². The number of fused-ring (bicyclic) bond motifs is 1. The smallest absolute Gasteiger partial charge is 0.397 e. The molecular formula is C11H9F3N2O. The summed E-state index contributed by atoms with van der Waals surface area (Å²) in [6, 6.07) is 3.16. The molecule has 2 rings (SSSR count). The number of nitrogens with zero attached hydrogens (tertiary/aromatic N) is 1. The highest BCUT2D eigenvalue weighted by atomic mass is 19.4. The van der Waals surface area contributed by atoms with E-state index in [1.807, 2.05) is 0 Å². The fraction of sp³-hybridized carbons (Fsp3) is 0.182. The lowest BCUT2D eigenvalue weighted by Gasteiger charge is -2.10. The van der Waals surface area contributed by atoms with Crippen molar-refractivity contribution in [3.05, 3.63) is 35.5 Å². The van der Waals surface area contributed by atoms with Gasteiger partial charge in [-0.3, -0.25) is 4.98 Å². The molecule has 1 aromatic carbocycles. The van der Waals surface area contributed by atoms with E-state index in [1.165, 1.54) is 12.3 Å². The van der Waals surface area contributed by atoms with Crippen molar-refractivity contribution < 1.29 is 18.3 Å². The van der Waals surface area contributed by atoms with Crippen LogP contribution in [0.2, 0.25) is 0 Å². The molecule has 0 spiro atoms. The number of rotatable bonds is 1. The van der Waals surface area contributed by atoms with Crippen LogP contribution in [-0.4, -0.2) is 10.1 Å². The van der Waals surface area contributed by atoms with Crippen LogP contribution in [0.15, 0.2) is 24.4 Å². The van der Waals surface area contributed by atoms with Crippen LogP contribution in [-0.2, 0) is 12.8 Å². The molecule has 3 nitrogen and oxygen atoms in total. The Morgan fingerprint density at radius 1 is 1.29 bits per heavy atom. The van der Waals surface area contributed by atoms with Gasteiger partial charge in [0.05, 0.1) is 29.6 Å². The summed E-state index contributed by atoms with van der Waals surface area (Å²) >= 11 is 0. The highest BCUT2D eigenvalue weighted by Crippen LogP contribution is 2.32. The van der Waals surface area contributed by atoms with Crippen LogP contribution in [0.25, 0.3) is 10.9 Å². The van der Waals surface area contributed by atoms with Crippen LogP contribution in [0.4, 0.5) is 18.9 Å². The number of anilines is 1. The second-order valence-corrected chi connectivity index (χ2v) is 3.58. The third kappa shape index (κ3) is 2.03. The third-order valence-corrected chi connectivity index (χ3v) is 2.50. The topological polar surface area (TPSA) is 59.1 Å². The van der Waals surface area contributed by atoms with E-state index in [0.29, 0.717) is 10.9 Å². The number of aliphatic hydroxyl groups excluding tert-OH is 1. The Balaban J connectivity index is 2.69. The molecule has 3 N–H and O–H groups in total. The number of nitrogen functional groups attached to an aromatic ring is 1. The number of halogens is 3. The molecule has 17 heavy (non-hydrogen) atoms. The molecule has 2 aromatic rings. The Morgan fingerprint density at radius 2 is 2.00 bits per heavy atom. The van der Waals surface area contributed by atoms with Crippen molar-refractivity contribution in [2.75, 3.05) is 5.73 Å². The number of hydrogen-bond donors (Lipinski definition) is 2. The minimum absolute atomic E-state index is 0.165. The molecule has 6 heteroatoms. The summed E-state index contributed by atoms with van der Waals surface area (Å²) in [6.07, 6.45) is -3.16. The summed E-state index contributed by atoms with van der Waals surface area (Å²) in [5.74, 6) is 0. The first-order valence-electron chi connectivity index (χ1n) is 4.78. The molecule has 0 amide bonds. The van der Waals surface area contributed by atoms with E-state index in [9.17, 15) is 13.2 Å². The first-order valence-corrected chi connectivity index (χ1v) is 4.78. The summed E-state index contributed by atoms with van der Waals surface area (Å²) in [5.41, 5.74) is 5.63. The zero-order valence-corrected chi connectivity index (χ0v) is 8.62. The molecule has 90 valence electrons. The summed E-state index contributed by atoms with van der Waals surface area (Å²) in [4.78, 5) is 3.83. The number of aliphatic hydroxyl groups is 1. The van der Waals surface area contributed by atoms with Crippen LogP contribution in [0.3, 0.4) is 0 Å². The lowest BCUT2D eigenvalue weighted by molar-refractivity contribution is -0.137. The molecule has 1 heterocycles. The van der Waals surface area contributed by atoms with Crippen LogP contribution >= 0.6 is 0 Å². The fourth-order valence-corrected chi connectivity index (χ4v) is 1.62. The Bertz CT molecular complexity index is 566. The van der Waals surface area contributed by atoms with Gasteiger partial charge in [-0.05, 0) is 12.1 Å². The monoisotopic (exact) mass is 242 g/mol. The second kappa shape index (κ2) is 3.89.